The summed E-state index contributed by atoms with van der Waals surface area (Å²) < 4.78 is 46.5. The molecule has 0 radical (unpaired) electrons. The van der Waals surface area contributed by atoms with Crippen LogP contribution < -0.4 is 26.2 Å². The average molecular weight is 543 g/mol. The monoisotopic (exact) mass is 542 g/mol. The summed E-state index contributed by atoms with van der Waals surface area (Å²) in [6, 6.07) is 13.4. The Hall–Kier alpha value is -3.12. The van der Waals surface area contributed by atoms with Crippen LogP contribution in [0.15, 0.2) is 53.6 Å². The second kappa shape index (κ2) is 10.9. The van der Waals surface area contributed by atoms with Crippen molar-refractivity contribution in [2.45, 2.75) is 50.3 Å². The number of halogens is 2. The summed E-state index contributed by atoms with van der Waals surface area (Å²) in [5.41, 5.74) is 10.5. The van der Waals surface area contributed by atoms with Crippen molar-refractivity contribution in [2.24, 2.45) is 5.84 Å². The molecule has 5 rings (SSSR count). The van der Waals surface area contributed by atoms with Gasteiger partial charge in [0.05, 0.1) is 30.1 Å². The van der Waals surface area contributed by atoms with E-state index in [2.05, 4.69) is 16.0 Å². The van der Waals surface area contributed by atoms with E-state index in [0.717, 1.165) is 52.4 Å². The number of rotatable bonds is 7. The molecule has 3 heterocycles. The van der Waals surface area contributed by atoms with Crippen molar-refractivity contribution in [3.8, 4) is 5.75 Å². The van der Waals surface area contributed by atoms with Crippen LogP contribution in [0.25, 0.3) is 0 Å². The number of pyridine rings is 1. The van der Waals surface area contributed by atoms with Gasteiger partial charge in [-0.15, -0.1) is 4.31 Å². The van der Waals surface area contributed by atoms with Crippen LogP contribution in [0.2, 0.25) is 0 Å². The molecule has 0 saturated carbocycles. The number of aryl methyl sites for hydroxylation is 1. The van der Waals surface area contributed by atoms with Gasteiger partial charge in [-0.3, -0.25) is 0 Å². The largest absolute Gasteiger partial charge is 0.593 e. The van der Waals surface area contributed by atoms with Crippen molar-refractivity contribution < 1.29 is 18.1 Å². The number of nitrogens with two attached hydrogens (primary N) is 2. The lowest BCUT2D eigenvalue weighted by molar-refractivity contribution is -0.0494. The summed E-state index contributed by atoms with van der Waals surface area (Å²) >= 11 is -1.34. The SMILES string of the molecule is Cc1ccc(Cc2cc(N)c(N(C)N)c(OC(F)F)c2)cc1CN1CC2CCCN2c2ncccc2[S+]1[O-]. The molecule has 2 unspecified atom stereocenters. The van der Waals surface area contributed by atoms with Crippen LogP contribution in [-0.4, -0.2) is 46.6 Å². The maximum atomic E-state index is 13.7. The van der Waals surface area contributed by atoms with Crippen LogP contribution in [-0.2, 0) is 24.3 Å². The van der Waals surface area contributed by atoms with E-state index in [-0.39, 0.29) is 23.2 Å². The fourth-order valence-electron chi connectivity index (χ4n) is 5.39. The molecule has 2 atom stereocenters. The zero-order valence-electron chi connectivity index (χ0n) is 21.4. The van der Waals surface area contributed by atoms with E-state index in [1.54, 1.807) is 18.3 Å². The number of nitrogens with zero attached hydrogens (tertiary/aromatic N) is 4. The number of ether oxygens (including phenoxy) is 1. The van der Waals surface area contributed by atoms with Crippen LogP contribution in [0.4, 0.5) is 26.0 Å². The molecule has 1 saturated heterocycles. The van der Waals surface area contributed by atoms with Crippen LogP contribution in [0.3, 0.4) is 0 Å². The zero-order chi connectivity index (χ0) is 27.0. The second-order valence-corrected chi connectivity index (χ2v) is 11.3. The summed E-state index contributed by atoms with van der Waals surface area (Å²) in [5, 5.41) is 1.17. The third-order valence-corrected chi connectivity index (χ3v) is 8.58. The molecule has 1 aromatic heterocycles. The van der Waals surface area contributed by atoms with Crippen molar-refractivity contribution >= 4 is 28.6 Å². The number of fused-ring (bicyclic) bond motifs is 3. The van der Waals surface area contributed by atoms with Crippen LogP contribution in [0, 0.1) is 6.92 Å². The quantitative estimate of drug-likeness (QED) is 0.200. The molecule has 2 aliphatic heterocycles. The van der Waals surface area contributed by atoms with Gasteiger partial charge in [0.25, 0.3) is 0 Å². The van der Waals surface area contributed by atoms with Crippen molar-refractivity contribution in [2.75, 3.05) is 35.8 Å². The van der Waals surface area contributed by atoms with Gasteiger partial charge in [-0.2, -0.15) is 8.78 Å². The Labute approximate surface area is 224 Å². The Morgan fingerprint density at radius 2 is 2.05 bits per heavy atom. The van der Waals surface area contributed by atoms with Gasteiger partial charge in [-0.05, 0) is 66.6 Å². The number of hydrazine groups is 1. The van der Waals surface area contributed by atoms with Crippen molar-refractivity contribution in [1.82, 2.24) is 9.29 Å². The lowest BCUT2D eigenvalue weighted by Crippen LogP contribution is -2.39. The first-order valence-electron chi connectivity index (χ1n) is 12.5. The summed E-state index contributed by atoms with van der Waals surface area (Å²) in [6.45, 7) is 1.16. The minimum atomic E-state index is -3.00. The van der Waals surface area contributed by atoms with Gasteiger partial charge in [0, 0.05) is 31.9 Å². The zero-order valence-corrected chi connectivity index (χ0v) is 22.3. The standard InChI is InChI=1S/C27H32F2N6O2S/c1-17-7-8-18(11-19-13-22(30)25(33(2)31)23(14-19)37-27(28)29)12-20(17)15-34-16-21-5-4-10-35(21)26-24(38(34)36)6-3-9-32-26/h3,6-9,12-14,21,27H,4-5,10-11,15-16,30-31H2,1-2H3. The molecule has 202 valence electrons. The molecule has 0 amide bonds. The predicted molar refractivity (Wildman–Crippen MR) is 145 cm³/mol. The summed E-state index contributed by atoms with van der Waals surface area (Å²) in [5.74, 6) is 6.55. The molecular weight excluding hydrogens is 510 g/mol. The summed E-state index contributed by atoms with van der Waals surface area (Å²) in [4.78, 5) is 7.61. The Morgan fingerprint density at radius 3 is 2.82 bits per heavy atom. The highest BCUT2D eigenvalue weighted by Crippen LogP contribution is 2.37. The fourth-order valence-corrected chi connectivity index (χ4v) is 6.75. The molecule has 2 aliphatic rings. The maximum Gasteiger partial charge on any atom is 0.387 e. The molecule has 11 heteroatoms. The van der Waals surface area contributed by atoms with Gasteiger partial charge in [-0.1, -0.05) is 18.2 Å². The normalized spacial score (nSPS) is 19.3. The third-order valence-electron chi connectivity index (χ3n) is 7.14. The van der Waals surface area contributed by atoms with E-state index in [4.69, 9.17) is 16.3 Å². The Morgan fingerprint density at radius 1 is 1.24 bits per heavy atom. The van der Waals surface area contributed by atoms with Gasteiger partial charge in [-0.25, -0.2) is 10.8 Å². The Bertz CT molecular complexity index is 1310. The lowest BCUT2D eigenvalue weighted by atomic mass is 9.98. The van der Waals surface area contributed by atoms with Crippen LogP contribution in [0.5, 0.6) is 5.75 Å². The van der Waals surface area contributed by atoms with Crippen LogP contribution in [0.1, 0.15) is 35.1 Å². The Balaban J connectivity index is 1.41. The van der Waals surface area contributed by atoms with E-state index >= 15 is 0 Å². The summed E-state index contributed by atoms with van der Waals surface area (Å²) in [6.07, 6.45) is 4.35. The first-order chi connectivity index (χ1) is 18.2. The van der Waals surface area contributed by atoms with Crippen molar-refractivity contribution in [1.29, 1.82) is 0 Å². The number of nitrogen functional groups attached to an aromatic ring is 1. The van der Waals surface area contributed by atoms with Gasteiger partial charge in [0.1, 0.15) is 5.69 Å². The molecule has 1 fully saturated rings. The fraction of sp³-hybridized carbons (Fsp3) is 0.370. The van der Waals surface area contributed by atoms with Gasteiger partial charge in [0.15, 0.2) is 11.6 Å². The first kappa shape index (κ1) is 26.5. The van der Waals surface area contributed by atoms with Gasteiger partial charge in [0.2, 0.25) is 4.90 Å². The third kappa shape index (κ3) is 5.37. The lowest BCUT2D eigenvalue weighted by Gasteiger charge is -2.25. The number of anilines is 3. The number of aromatic nitrogens is 1. The van der Waals surface area contributed by atoms with Gasteiger partial charge < -0.3 is 24.9 Å². The number of alkyl halides is 2. The molecule has 0 spiro atoms. The van der Waals surface area contributed by atoms with Crippen molar-refractivity contribution in [3.05, 3.63) is 70.9 Å². The molecular formula is C27H32F2N6O2S. The number of hydrogen-bond donors (Lipinski definition) is 2. The predicted octanol–water partition coefficient (Wildman–Crippen LogP) is 3.98. The highest BCUT2D eigenvalue weighted by molar-refractivity contribution is 7.89. The van der Waals surface area contributed by atoms with E-state index in [0.29, 0.717) is 19.5 Å². The van der Waals surface area contributed by atoms with Gasteiger partial charge >= 0.3 is 6.61 Å². The van der Waals surface area contributed by atoms with E-state index < -0.39 is 18.0 Å². The van der Waals surface area contributed by atoms with E-state index in [1.807, 2.05) is 35.5 Å². The second-order valence-electron chi connectivity index (χ2n) is 9.85. The highest BCUT2D eigenvalue weighted by Gasteiger charge is 2.40. The van der Waals surface area contributed by atoms with Crippen LogP contribution >= 0.6 is 0 Å². The topological polar surface area (TPSA) is 107 Å². The first-order valence-corrected chi connectivity index (χ1v) is 13.6. The molecule has 8 nitrogen and oxygen atoms in total. The smallest absolute Gasteiger partial charge is 0.387 e. The Kier molecular flexibility index (Phi) is 7.62. The minimum Gasteiger partial charge on any atom is -0.593 e. The average Bonchev–Trinajstić information content (AvgIpc) is 3.28. The molecule has 0 bridgehead atoms. The molecule has 2 aromatic carbocycles. The number of benzene rings is 2. The van der Waals surface area contributed by atoms with E-state index in [9.17, 15) is 13.3 Å². The van der Waals surface area contributed by atoms with Crippen molar-refractivity contribution in [3.63, 3.8) is 0 Å². The summed E-state index contributed by atoms with van der Waals surface area (Å²) in [7, 11) is 1.52. The molecule has 38 heavy (non-hydrogen) atoms. The maximum absolute atomic E-state index is 13.7. The highest BCUT2D eigenvalue weighted by atomic mass is 32.2. The van der Waals surface area contributed by atoms with E-state index in [1.165, 1.54) is 12.1 Å². The minimum absolute atomic E-state index is 0.0688. The molecule has 0 aliphatic carbocycles. The number of hydrogen-bond acceptors (Lipinski definition) is 8. The molecule has 3 aromatic rings. The molecule has 4 N–H and O–H groups in total.